The molecule has 4 aromatic rings. The number of carboxylic acid groups (broad SMARTS) is 1. The van der Waals surface area contributed by atoms with E-state index < -0.39 is 11.8 Å². The van der Waals surface area contributed by atoms with E-state index in [1.807, 2.05) is 18.2 Å². The zero-order chi connectivity index (χ0) is 18.5. The van der Waals surface area contributed by atoms with Crippen LogP contribution >= 0.6 is 0 Å². The van der Waals surface area contributed by atoms with Crippen molar-refractivity contribution in [1.82, 2.24) is 4.98 Å². The van der Waals surface area contributed by atoms with Crippen molar-refractivity contribution >= 4 is 16.9 Å². The van der Waals surface area contributed by atoms with E-state index in [0.717, 1.165) is 22.3 Å². The molecule has 1 aliphatic carbocycles. The van der Waals surface area contributed by atoms with E-state index in [1.54, 1.807) is 12.5 Å². The Morgan fingerprint density at radius 3 is 2.74 bits per heavy atom. The lowest BCUT2D eigenvalue weighted by Crippen LogP contribution is -2.26. The third kappa shape index (κ3) is 2.43. The number of hydrogen-bond donors (Lipinski definition) is 0. The number of benzene rings is 2. The molecule has 1 aliphatic rings. The molecule has 0 bridgehead atoms. The van der Waals surface area contributed by atoms with Crippen LogP contribution in [-0.2, 0) is 12.8 Å². The molecule has 0 amide bonds. The van der Waals surface area contributed by atoms with Gasteiger partial charge < -0.3 is 14.3 Å². The van der Waals surface area contributed by atoms with Crippen molar-refractivity contribution < 1.29 is 18.7 Å². The molecule has 4 nitrogen and oxygen atoms in total. The van der Waals surface area contributed by atoms with Gasteiger partial charge in [-0.1, -0.05) is 18.2 Å². The Balaban J connectivity index is 1.77. The van der Waals surface area contributed by atoms with Crippen LogP contribution in [0.5, 0.6) is 0 Å². The molecule has 0 atom stereocenters. The summed E-state index contributed by atoms with van der Waals surface area (Å²) < 4.78 is 18.8. The van der Waals surface area contributed by atoms with Gasteiger partial charge in [-0.15, -0.1) is 0 Å². The van der Waals surface area contributed by atoms with Gasteiger partial charge in [0.2, 0.25) is 0 Å². The van der Waals surface area contributed by atoms with Crippen molar-refractivity contribution in [2.45, 2.75) is 12.8 Å². The second kappa shape index (κ2) is 5.77. The molecule has 2 aromatic heterocycles. The average Bonchev–Trinajstić information content (AvgIpc) is 3.20. The maximum absolute atomic E-state index is 13.7. The number of halogens is 1. The Morgan fingerprint density at radius 1 is 1.07 bits per heavy atom. The maximum Gasteiger partial charge on any atom is 0.123 e. The van der Waals surface area contributed by atoms with Gasteiger partial charge in [-0.2, -0.15) is 0 Å². The fraction of sp³-hybridized carbons (Fsp3) is 0.0909. The lowest BCUT2D eigenvalue weighted by molar-refractivity contribution is -0.254. The number of fused-ring (bicyclic) bond motifs is 4. The first kappa shape index (κ1) is 15.8. The van der Waals surface area contributed by atoms with Crippen LogP contribution in [0.2, 0.25) is 0 Å². The average molecular weight is 358 g/mol. The van der Waals surface area contributed by atoms with Gasteiger partial charge in [0.15, 0.2) is 0 Å². The summed E-state index contributed by atoms with van der Waals surface area (Å²) in [5, 5.41) is 12.1. The summed E-state index contributed by atoms with van der Waals surface area (Å²) in [5.41, 5.74) is 5.75. The number of carboxylic acids is 1. The molecule has 27 heavy (non-hydrogen) atoms. The highest BCUT2D eigenvalue weighted by atomic mass is 19.1. The molecule has 0 radical (unpaired) electrons. The highest BCUT2D eigenvalue weighted by Crippen LogP contribution is 2.38. The van der Waals surface area contributed by atoms with Crippen molar-refractivity contribution in [3.05, 3.63) is 77.5 Å². The molecule has 2 heterocycles. The van der Waals surface area contributed by atoms with Gasteiger partial charge in [0, 0.05) is 22.1 Å². The van der Waals surface area contributed by atoms with Gasteiger partial charge in [0.1, 0.15) is 5.82 Å². The monoisotopic (exact) mass is 358 g/mol. The lowest BCUT2D eigenvalue weighted by atomic mass is 9.84. The summed E-state index contributed by atoms with van der Waals surface area (Å²) in [7, 11) is 0. The zero-order valence-electron chi connectivity index (χ0n) is 14.2. The molecule has 0 fully saturated rings. The van der Waals surface area contributed by atoms with Crippen molar-refractivity contribution in [3.63, 3.8) is 0 Å². The first-order chi connectivity index (χ1) is 13.1. The van der Waals surface area contributed by atoms with Crippen molar-refractivity contribution in [3.8, 4) is 22.4 Å². The minimum absolute atomic E-state index is 0.0408. The van der Waals surface area contributed by atoms with E-state index in [9.17, 15) is 14.3 Å². The minimum atomic E-state index is -1.30. The third-order valence-electron chi connectivity index (χ3n) is 5.11. The molecule has 0 N–H and O–H groups in total. The quantitative estimate of drug-likeness (QED) is 0.547. The number of rotatable bonds is 2. The summed E-state index contributed by atoms with van der Waals surface area (Å²) in [6.07, 6.45) is 4.51. The van der Waals surface area contributed by atoms with E-state index in [2.05, 4.69) is 11.1 Å². The number of furan rings is 1. The first-order valence-electron chi connectivity index (χ1n) is 8.61. The topological polar surface area (TPSA) is 66.2 Å². The Hall–Kier alpha value is -3.47. The maximum atomic E-state index is 13.7. The standard InChI is InChI=1S/C22H14FNO3/c23-15-3-6-19-18(10-15)20(22(25)26)17-5-2-13-9-12(14-7-8-27-11-14)1-4-16(13)21(17)24-19/h1,3-4,6-11H,2,5H2,(H,25,26)/p-1. The van der Waals surface area contributed by atoms with Gasteiger partial charge in [0.25, 0.3) is 0 Å². The van der Waals surface area contributed by atoms with Gasteiger partial charge in [0.05, 0.1) is 29.7 Å². The van der Waals surface area contributed by atoms with Crippen LogP contribution in [-0.4, -0.2) is 11.0 Å². The highest BCUT2D eigenvalue weighted by Gasteiger charge is 2.23. The van der Waals surface area contributed by atoms with Crippen LogP contribution in [0.4, 0.5) is 4.39 Å². The number of aromatic nitrogens is 1. The van der Waals surface area contributed by atoms with Crippen LogP contribution in [0.1, 0.15) is 21.5 Å². The summed E-state index contributed by atoms with van der Waals surface area (Å²) in [5.74, 6) is -1.80. The number of aryl methyl sites for hydroxylation is 1. The number of aromatic carboxylic acids is 1. The van der Waals surface area contributed by atoms with Crippen LogP contribution < -0.4 is 5.11 Å². The Morgan fingerprint density at radius 2 is 1.96 bits per heavy atom. The molecule has 5 rings (SSSR count). The van der Waals surface area contributed by atoms with Crippen molar-refractivity contribution in [2.75, 3.05) is 0 Å². The van der Waals surface area contributed by atoms with Gasteiger partial charge >= 0.3 is 0 Å². The number of carbonyl (C=O) groups is 1. The molecular formula is C22H13FNO3-. The van der Waals surface area contributed by atoms with E-state index in [-0.39, 0.29) is 10.9 Å². The second-order valence-electron chi connectivity index (χ2n) is 6.65. The molecular weight excluding hydrogens is 345 g/mol. The van der Waals surface area contributed by atoms with Crippen molar-refractivity contribution in [2.24, 2.45) is 0 Å². The predicted octanol–water partition coefficient (Wildman–Crippen LogP) is 3.76. The minimum Gasteiger partial charge on any atom is -0.545 e. The fourth-order valence-electron chi connectivity index (χ4n) is 3.87. The summed E-state index contributed by atoms with van der Waals surface area (Å²) in [6.45, 7) is 0. The predicted molar refractivity (Wildman–Crippen MR) is 96.6 cm³/mol. The third-order valence-corrected chi connectivity index (χ3v) is 5.11. The molecule has 0 spiro atoms. The molecule has 2 aromatic carbocycles. The highest BCUT2D eigenvalue weighted by molar-refractivity contribution is 6.05. The summed E-state index contributed by atoms with van der Waals surface area (Å²) in [4.78, 5) is 16.5. The van der Waals surface area contributed by atoms with Crippen LogP contribution in [0.25, 0.3) is 33.3 Å². The summed E-state index contributed by atoms with van der Waals surface area (Å²) >= 11 is 0. The molecule has 0 saturated heterocycles. The largest absolute Gasteiger partial charge is 0.545 e. The second-order valence-corrected chi connectivity index (χ2v) is 6.65. The smallest absolute Gasteiger partial charge is 0.123 e. The van der Waals surface area contributed by atoms with E-state index in [0.29, 0.717) is 29.6 Å². The SMILES string of the molecule is O=C([O-])c1c2c(nc3ccc(F)cc13)-c1ccc(-c3ccoc3)cc1CC2. The van der Waals surface area contributed by atoms with E-state index in [1.165, 1.54) is 18.2 Å². The Bertz CT molecular complexity index is 1210. The lowest BCUT2D eigenvalue weighted by Gasteiger charge is -2.24. The van der Waals surface area contributed by atoms with Gasteiger partial charge in [-0.05, 0) is 53.8 Å². The normalized spacial score (nSPS) is 12.6. The summed E-state index contributed by atoms with van der Waals surface area (Å²) in [6, 6.07) is 11.9. The first-order valence-corrected chi connectivity index (χ1v) is 8.61. The van der Waals surface area contributed by atoms with Crippen LogP contribution in [0.15, 0.2) is 59.4 Å². The van der Waals surface area contributed by atoms with E-state index >= 15 is 0 Å². The number of nitrogens with zero attached hydrogens (tertiary/aromatic N) is 1. The molecule has 5 heteroatoms. The van der Waals surface area contributed by atoms with Crippen LogP contribution in [0, 0.1) is 5.82 Å². The Labute approximate surface area is 153 Å². The number of hydrogen-bond acceptors (Lipinski definition) is 4. The number of carbonyl (C=O) groups excluding carboxylic acids is 1. The molecule has 0 saturated carbocycles. The van der Waals surface area contributed by atoms with Gasteiger partial charge in [-0.25, -0.2) is 9.37 Å². The van der Waals surface area contributed by atoms with Crippen molar-refractivity contribution in [1.29, 1.82) is 0 Å². The molecule has 132 valence electrons. The molecule has 0 aliphatic heterocycles. The Kier molecular flexibility index (Phi) is 3.37. The fourth-order valence-corrected chi connectivity index (χ4v) is 3.87. The van der Waals surface area contributed by atoms with Gasteiger partial charge in [-0.3, -0.25) is 0 Å². The van der Waals surface area contributed by atoms with E-state index in [4.69, 9.17) is 4.42 Å². The zero-order valence-corrected chi connectivity index (χ0v) is 14.2. The van der Waals surface area contributed by atoms with Crippen LogP contribution in [0.3, 0.4) is 0 Å². The molecule has 0 unspecified atom stereocenters. The number of pyridine rings is 1.